The van der Waals surface area contributed by atoms with Gasteiger partial charge in [0.2, 0.25) is 0 Å². The molecule has 0 aromatic heterocycles. The number of aliphatic carboxylic acids is 4. The van der Waals surface area contributed by atoms with E-state index < -0.39 is 408 Å². The Kier molecular flexibility index (Phi) is 35.3. The van der Waals surface area contributed by atoms with E-state index in [0.717, 1.165) is 0 Å². The van der Waals surface area contributed by atoms with E-state index in [0.29, 0.717) is 0 Å². The van der Waals surface area contributed by atoms with E-state index in [2.05, 4.69) is 0 Å². The van der Waals surface area contributed by atoms with E-state index in [-0.39, 0.29) is 0 Å². The Hall–Kier alpha value is -4.16. The van der Waals surface area contributed by atoms with Crippen LogP contribution in [0.4, 0.5) is 0 Å². The second kappa shape index (κ2) is 42.8. The minimum Gasteiger partial charge on any atom is -0.479 e. The molecule has 0 radical (unpaired) electrons. The average molecular weight is 1840 g/mol. The normalized spacial score (nSPS) is 49.6. The third-order valence-corrected chi connectivity index (χ3v) is 22.7. The Labute approximate surface area is 700 Å². The molecule has 10 fully saturated rings. The number of nitrogens with two attached hydrogens (primary N) is 2. The van der Waals surface area contributed by atoms with Gasteiger partial charge in [0.15, 0.2) is 62.5 Å². The first kappa shape index (κ1) is 103. The highest BCUT2D eigenvalue weighted by Crippen LogP contribution is 2.45. The van der Waals surface area contributed by atoms with Gasteiger partial charge < -0.3 is 275 Å². The monoisotopic (exact) mass is 1840 g/mol. The molecule has 1 unspecified atom stereocenters. The zero-order valence-electron chi connectivity index (χ0n) is 64.7. The van der Waals surface area contributed by atoms with Gasteiger partial charge in [-0.3, -0.25) is 0 Å². The molecule has 724 valence electrons. The Morgan fingerprint density at radius 3 is 1.34 bits per heavy atom. The van der Waals surface area contributed by atoms with Crippen LogP contribution in [0.1, 0.15) is 12.8 Å². The Bertz CT molecular complexity index is 3450. The van der Waals surface area contributed by atoms with Gasteiger partial charge in [0, 0.05) is 12.8 Å². The molecule has 0 bridgehead atoms. The number of hydrogen-bond acceptors (Lipinski definition) is 55. The average Bonchev–Trinajstić information content (AvgIpc) is 0.743. The van der Waals surface area contributed by atoms with Gasteiger partial charge in [-0.25, -0.2) is 19.2 Å². The standard InChI is InChI=1S/C66H108N2O57/c67-11-7-107-56(33(90)22(11)79)108-10-17(78)45-46(18(2-65(106,124-45)63(102)103)123-66(64(104)105)1-12(73)23(80)43(125-66)13(74)3-69)116-62-40(97)49(51(44(115-62)14(75)4-70)121-59-36(93)27(84)25(82)20(6-72)112-59)119-61-39(96)47(117-60-37(94)32(89)48(52(122-60)54(100)101)118-55-21(68)26(83)24(81)19(5-71)111-55)38(95)42(114-61)16(77)9-109-57-34(91)28(85)30(87)41(113-57)15(76)8-110-58-35(92)29(86)31(88)50(120-58)53(98)99/h11-52,55-62,69-97,106H,1-10,67-68H2,(H,98,99)(H,100,101)(H,102,103)(H,104,105)/t11-,12+,13+,14-,15-,16-,17+,18+,19+,20+,21+,22-,23+,24-,25+,26+,27?,28-,29-,30-,31+,32+,33+,34-,35+,36+,37+,38+,39-,40-,41+,42+,43+,44+,45+,46+,47-,48+,49+,50-,51+,52-,55+,56+,57-,58+,59-,60-,61+,62+,65+,66+/m0/s1. The second-order valence-corrected chi connectivity index (χ2v) is 31.3. The lowest BCUT2D eigenvalue weighted by atomic mass is 9.89. The van der Waals surface area contributed by atoms with E-state index in [1.54, 1.807) is 0 Å². The molecule has 0 aliphatic carbocycles. The van der Waals surface area contributed by atoms with Crippen molar-refractivity contribution >= 4 is 23.9 Å². The fourth-order valence-corrected chi connectivity index (χ4v) is 15.5. The number of ether oxygens (including phenoxy) is 19. The molecule has 10 aliphatic rings. The summed E-state index contributed by atoms with van der Waals surface area (Å²) in [5, 5.41) is 377. The van der Waals surface area contributed by atoms with Crippen LogP contribution >= 0.6 is 0 Å². The molecule has 59 nitrogen and oxygen atoms in total. The molecule has 0 aromatic carbocycles. The fraction of sp³-hybridized carbons (Fsp3) is 0.939. The van der Waals surface area contributed by atoms with Gasteiger partial charge in [0.1, 0.15) is 220 Å². The number of aliphatic hydroxyl groups excluding tert-OH is 29. The number of aliphatic hydroxyl groups is 30. The molecule has 10 heterocycles. The van der Waals surface area contributed by atoms with Crippen molar-refractivity contribution in [2.24, 2.45) is 11.5 Å². The predicted molar refractivity (Wildman–Crippen MR) is 369 cm³/mol. The highest BCUT2D eigenvalue weighted by molar-refractivity contribution is 5.77. The minimum absolute atomic E-state index is 0.576. The minimum atomic E-state index is -3.82. The summed E-state index contributed by atoms with van der Waals surface area (Å²) in [6, 6.07) is -3.13. The molecule has 38 N–H and O–H groups in total. The molecular formula is C66H108N2O57. The zero-order valence-corrected chi connectivity index (χ0v) is 64.7. The number of hydrogen-bond donors (Lipinski definition) is 36. The van der Waals surface area contributed by atoms with E-state index in [9.17, 15) is 193 Å². The summed E-state index contributed by atoms with van der Waals surface area (Å²) < 4.78 is 108. The van der Waals surface area contributed by atoms with E-state index >= 15 is 0 Å². The summed E-state index contributed by atoms with van der Waals surface area (Å²) >= 11 is 0. The fourth-order valence-electron chi connectivity index (χ4n) is 15.5. The first-order valence-electron chi connectivity index (χ1n) is 38.6. The smallest absolute Gasteiger partial charge is 0.364 e. The molecule has 0 aromatic rings. The predicted octanol–water partition coefficient (Wildman–Crippen LogP) is -24.3. The molecule has 10 rings (SSSR count). The molecular weight excluding hydrogens is 1730 g/mol. The van der Waals surface area contributed by atoms with Crippen LogP contribution in [0, 0.1) is 0 Å². The maximum atomic E-state index is 13.7. The van der Waals surface area contributed by atoms with E-state index in [1.807, 2.05) is 0 Å². The molecule has 0 spiro atoms. The quantitative estimate of drug-likeness (QED) is 0.0284. The maximum Gasteiger partial charge on any atom is 0.364 e. The number of carboxylic acids is 4. The van der Waals surface area contributed by atoms with Gasteiger partial charge >= 0.3 is 23.9 Å². The van der Waals surface area contributed by atoms with Crippen molar-refractivity contribution in [3.05, 3.63) is 0 Å². The van der Waals surface area contributed by atoms with Gasteiger partial charge in [-0.2, -0.15) is 0 Å². The van der Waals surface area contributed by atoms with Gasteiger partial charge in [-0.05, 0) is 0 Å². The first-order chi connectivity index (χ1) is 58.6. The lowest BCUT2D eigenvalue weighted by Crippen LogP contribution is -2.71. The van der Waals surface area contributed by atoms with Crippen molar-refractivity contribution in [2.75, 3.05) is 52.9 Å². The molecule has 125 heavy (non-hydrogen) atoms. The molecule has 0 saturated carbocycles. The van der Waals surface area contributed by atoms with Crippen LogP contribution in [0.25, 0.3) is 0 Å². The topological polar surface area (TPSA) is 984 Å². The van der Waals surface area contributed by atoms with Crippen LogP contribution < -0.4 is 11.5 Å². The van der Waals surface area contributed by atoms with Crippen molar-refractivity contribution in [3.8, 4) is 0 Å². The van der Waals surface area contributed by atoms with Crippen molar-refractivity contribution in [2.45, 2.75) is 331 Å². The largest absolute Gasteiger partial charge is 0.479 e. The molecule has 0 amide bonds. The number of rotatable bonds is 34. The van der Waals surface area contributed by atoms with Crippen LogP contribution in [0.3, 0.4) is 0 Å². The number of carbonyl (C=O) groups is 4. The van der Waals surface area contributed by atoms with Crippen molar-refractivity contribution in [3.63, 3.8) is 0 Å². The molecule has 10 aliphatic heterocycles. The Morgan fingerprint density at radius 2 is 0.776 bits per heavy atom. The molecule has 59 heteroatoms. The van der Waals surface area contributed by atoms with E-state index in [4.69, 9.17) is 101 Å². The van der Waals surface area contributed by atoms with Gasteiger partial charge in [0.25, 0.3) is 11.6 Å². The lowest BCUT2D eigenvalue weighted by Gasteiger charge is -2.53. The summed E-state index contributed by atoms with van der Waals surface area (Å²) in [5.41, 5.74) is 11.8. The third-order valence-electron chi connectivity index (χ3n) is 22.7. The highest BCUT2D eigenvalue weighted by atomic mass is 16.8. The SMILES string of the molecule is N[C@H]1[C@@H](O[C@@H]2[C@H](O)[C@@H](O)[C@@H](O[C@@H]3[C@H](O)[C@@H](O[C@@H]4[C@H](O)[C@@H](O[C@H]5[C@@H]([C@H](O)CO[C@H]6OC[C@H](N)[C@H](O)[C@H]6O)O[C@@](O)(C(=O)O)C[C@H]5O[C@]5(C(=O)O)C[C@@H](O)[C@@H](O)[C@@H]([C@H](O)CO)O5)O[C@H]([C@@H](O)CO)[C@H]4O[C@@H]4O[C@H](CO)[C@@H](O)C(O)[C@H]4O)O[C@H]([C@@H](O)CO[C@H]4O[C@H]([C@@H](O)CO[C@@H]5O[C@H](C(=O)O)[C@H](O)[C@H](O)[C@H]5O)[C@@H](O)[C@H](O)[C@@H]4O)[C@H]3O)O[C@@H]2C(=O)O)O[C@H](CO)[C@H](O)[C@@H]1O. The van der Waals surface area contributed by atoms with Crippen LogP contribution in [0.15, 0.2) is 0 Å². The summed E-state index contributed by atoms with van der Waals surface area (Å²) in [6.45, 7) is -9.94. The molecule has 10 saturated heterocycles. The first-order valence-corrected chi connectivity index (χ1v) is 38.6. The van der Waals surface area contributed by atoms with Gasteiger partial charge in [0.05, 0.1) is 77.1 Å². The van der Waals surface area contributed by atoms with Crippen LogP contribution in [-0.4, -0.2) is 568 Å². The van der Waals surface area contributed by atoms with Crippen molar-refractivity contribution in [1.82, 2.24) is 0 Å². The van der Waals surface area contributed by atoms with E-state index in [1.165, 1.54) is 0 Å². The summed E-state index contributed by atoms with van der Waals surface area (Å²) in [5.74, 6) is -16.2. The summed E-state index contributed by atoms with van der Waals surface area (Å²) in [4.78, 5) is 51.8. The third kappa shape index (κ3) is 21.7. The number of carboxylic acid groups (broad SMARTS) is 4. The summed E-state index contributed by atoms with van der Waals surface area (Å²) in [7, 11) is 0. The maximum absolute atomic E-state index is 13.7. The molecule has 52 atom stereocenters. The zero-order chi connectivity index (χ0) is 92.7. The van der Waals surface area contributed by atoms with Crippen LogP contribution in [-0.2, 0) is 109 Å². The van der Waals surface area contributed by atoms with Crippen molar-refractivity contribution in [1.29, 1.82) is 0 Å². The summed E-state index contributed by atoms with van der Waals surface area (Å²) in [6.07, 6.45) is -122. The Morgan fingerprint density at radius 1 is 0.352 bits per heavy atom. The Balaban J connectivity index is 1.05. The van der Waals surface area contributed by atoms with Crippen LogP contribution in [0.5, 0.6) is 0 Å². The van der Waals surface area contributed by atoms with Crippen LogP contribution in [0.2, 0.25) is 0 Å². The second-order valence-electron chi connectivity index (χ2n) is 31.3. The van der Waals surface area contributed by atoms with Gasteiger partial charge in [-0.1, -0.05) is 0 Å². The van der Waals surface area contributed by atoms with Crippen molar-refractivity contribution < 1.29 is 283 Å². The highest BCUT2D eigenvalue weighted by Gasteiger charge is 2.66. The van der Waals surface area contributed by atoms with Gasteiger partial charge in [-0.15, -0.1) is 0 Å². The lowest BCUT2D eigenvalue weighted by molar-refractivity contribution is -0.417.